The maximum absolute atomic E-state index is 11.8. The first kappa shape index (κ1) is 14.2. The molecule has 1 N–H and O–H groups in total. The van der Waals surface area contributed by atoms with Crippen molar-refractivity contribution >= 4 is 17.2 Å². The molecule has 0 aliphatic rings. The van der Waals surface area contributed by atoms with Crippen molar-refractivity contribution in [3.05, 3.63) is 51.5 Å². The molecule has 1 aromatic carbocycles. The van der Waals surface area contributed by atoms with Crippen LogP contribution in [0.4, 0.5) is 0 Å². The van der Waals surface area contributed by atoms with Crippen LogP contribution in [0.2, 0.25) is 0 Å². The summed E-state index contributed by atoms with van der Waals surface area (Å²) in [5.74, 6) is -0.0389. The number of hydrogen-bond donors (Lipinski definition) is 1. The summed E-state index contributed by atoms with van der Waals surface area (Å²) in [5.41, 5.74) is 1.50. The monoisotopic (exact) mass is 285 g/mol. The number of hydrogen-bond acceptors (Lipinski definition) is 4. The SMILES string of the molecule is CCc1cnc(CNC(=O)Cc2ccc(C#N)cc2)s1. The lowest BCUT2D eigenvalue weighted by Crippen LogP contribution is -2.24. The normalized spacial score (nSPS) is 10.0. The van der Waals surface area contributed by atoms with Gasteiger partial charge in [0, 0.05) is 11.1 Å². The Balaban J connectivity index is 1.84. The van der Waals surface area contributed by atoms with Gasteiger partial charge in [-0.05, 0) is 24.1 Å². The van der Waals surface area contributed by atoms with Crippen molar-refractivity contribution < 1.29 is 4.79 Å². The quantitative estimate of drug-likeness (QED) is 0.917. The Morgan fingerprint density at radius 1 is 1.40 bits per heavy atom. The lowest BCUT2D eigenvalue weighted by molar-refractivity contribution is -0.120. The highest BCUT2D eigenvalue weighted by atomic mass is 32.1. The highest BCUT2D eigenvalue weighted by Crippen LogP contribution is 2.13. The Hall–Kier alpha value is -2.19. The highest BCUT2D eigenvalue weighted by molar-refractivity contribution is 7.11. The zero-order chi connectivity index (χ0) is 14.4. The number of rotatable bonds is 5. The molecule has 2 aromatic rings. The average Bonchev–Trinajstić information content (AvgIpc) is 2.94. The first-order valence-corrected chi connectivity index (χ1v) is 7.22. The first-order valence-electron chi connectivity index (χ1n) is 6.40. The van der Waals surface area contributed by atoms with Gasteiger partial charge in [0.2, 0.25) is 5.91 Å². The maximum Gasteiger partial charge on any atom is 0.224 e. The molecule has 4 nitrogen and oxygen atoms in total. The molecule has 2 rings (SSSR count). The number of benzene rings is 1. The summed E-state index contributed by atoms with van der Waals surface area (Å²) in [4.78, 5) is 17.3. The number of thiazole rings is 1. The number of aromatic nitrogens is 1. The van der Waals surface area contributed by atoms with Crippen molar-refractivity contribution in [2.24, 2.45) is 0 Å². The molecular formula is C15H15N3OS. The van der Waals surface area contributed by atoms with E-state index in [1.807, 2.05) is 6.20 Å². The Morgan fingerprint density at radius 3 is 2.75 bits per heavy atom. The van der Waals surface area contributed by atoms with Gasteiger partial charge < -0.3 is 5.32 Å². The fourth-order valence-corrected chi connectivity index (χ4v) is 2.51. The first-order chi connectivity index (χ1) is 9.71. The topological polar surface area (TPSA) is 65.8 Å². The number of carbonyl (C=O) groups is 1. The van der Waals surface area contributed by atoms with Gasteiger partial charge in [-0.15, -0.1) is 11.3 Å². The lowest BCUT2D eigenvalue weighted by atomic mass is 10.1. The van der Waals surface area contributed by atoms with Crippen LogP contribution >= 0.6 is 11.3 Å². The van der Waals surface area contributed by atoms with E-state index in [-0.39, 0.29) is 5.91 Å². The van der Waals surface area contributed by atoms with Crippen molar-refractivity contribution in [1.82, 2.24) is 10.3 Å². The molecular weight excluding hydrogens is 270 g/mol. The molecule has 0 saturated carbocycles. The van der Waals surface area contributed by atoms with Gasteiger partial charge in [0.15, 0.2) is 0 Å². The van der Waals surface area contributed by atoms with Gasteiger partial charge in [-0.2, -0.15) is 5.26 Å². The smallest absolute Gasteiger partial charge is 0.224 e. The molecule has 0 radical (unpaired) electrons. The van der Waals surface area contributed by atoms with E-state index in [9.17, 15) is 4.79 Å². The summed E-state index contributed by atoms with van der Waals surface area (Å²) >= 11 is 1.62. The second-order valence-electron chi connectivity index (χ2n) is 4.34. The number of amides is 1. The second-order valence-corrected chi connectivity index (χ2v) is 5.54. The Labute approximate surface area is 122 Å². The van der Waals surface area contributed by atoms with Crippen LogP contribution in [0, 0.1) is 11.3 Å². The zero-order valence-electron chi connectivity index (χ0n) is 11.2. The van der Waals surface area contributed by atoms with Gasteiger partial charge in [-0.25, -0.2) is 4.98 Å². The van der Waals surface area contributed by atoms with Crippen molar-refractivity contribution in [3.8, 4) is 6.07 Å². The molecule has 0 aliphatic heterocycles. The van der Waals surface area contributed by atoms with Crippen LogP contribution in [0.25, 0.3) is 0 Å². The summed E-state index contributed by atoms with van der Waals surface area (Å²) in [7, 11) is 0. The van der Waals surface area contributed by atoms with Crippen LogP contribution in [0.1, 0.15) is 27.9 Å². The second kappa shape index (κ2) is 6.83. The minimum atomic E-state index is -0.0389. The Morgan fingerprint density at radius 2 is 2.15 bits per heavy atom. The molecule has 0 atom stereocenters. The van der Waals surface area contributed by atoms with E-state index in [2.05, 4.69) is 23.3 Å². The van der Waals surface area contributed by atoms with Gasteiger partial charge in [-0.3, -0.25) is 4.79 Å². The van der Waals surface area contributed by atoms with Gasteiger partial charge in [0.05, 0.1) is 24.6 Å². The van der Waals surface area contributed by atoms with E-state index in [0.29, 0.717) is 18.5 Å². The molecule has 1 amide bonds. The van der Waals surface area contributed by atoms with Crippen molar-refractivity contribution in [2.75, 3.05) is 0 Å². The van der Waals surface area contributed by atoms with E-state index >= 15 is 0 Å². The molecule has 0 aliphatic carbocycles. The van der Waals surface area contributed by atoms with Gasteiger partial charge in [-0.1, -0.05) is 19.1 Å². The molecule has 102 valence electrons. The molecule has 1 heterocycles. The predicted molar refractivity (Wildman–Crippen MR) is 78.2 cm³/mol. The predicted octanol–water partition coefficient (Wildman–Crippen LogP) is 2.44. The van der Waals surface area contributed by atoms with Crippen LogP contribution in [-0.2, 0) is 24.2 Å². The summed E-state index contributed by atoms with van der Waals surface area (Å²) in [6.07, 6.45) is 3.14. The van der Waals surface area contributed by atoms with E-state index in [1.54, 1.807) is 35.6 Å². The number of aryl methyl sites for hydroxylation is 1. The number of nitrogens with one attached hydrogen (secondary N) is 1. The van der Waals surface area contributed by atoms with E-state index in [1.165, 1.54) is 4.88 Å². The number of nitrogens with zero attached hydrogens (tertiary/aromatic N) is 2. The van der Waals surface area contributed by atoms with E-state index in [0.717, 1.165) is 17.0 Å². The summed E-state index contributed by atoms with van der Waals surface area (Å²) in [6.45, 7) is 2.56. The average molecular weight is 285 g/mol. The van der Waals surface area contributed by atoms with Gasteiger partial charge in [0.1, 0.15) is 5.01 Å². The third-order valence-electron chi connectivity index (χ3n) is 2.83. The molecule has 0 unspecified atom stereocenters. The van der Waals surface area contributed by atoms with Crippen LogP contribution < -0.4 is 5.32 Å². The van der Waals surface area contributed by atoms with E-state index in [4.69, 9.17) is 5.26 Å². The Bertz CT molecular complexity index is 625. The highest BCUT2D eigenvalue weighted by Gasteiger charge is 2.05. The van der Waals surface area contributed by atoms with Crippen LogP contribution in [-0.4, -0.2) is 10.9 Å². The molecule has 5 heteroatoms. The summed E-state index contributed by atoms with van der Waals surface area (Å²) in [5, 5.41) is 12.5. The molecule has 0 saturated heterocycles. The van der Waals surface area contributed by atoms with E-state index < -0.39 is 0 Å². The Kier molecular flexibility index (Phi) is 4.85. The fraction of sp³-hybridized carbons (Fsp3) is 0.267. The minimum Gasteiger partial charge on any atom is -0.349 e. The van der Waals surface area contributed by atoms with Crippen LogP contribution in [0.3, 0.4) is 0 Å². The molecule has 1 aromatic heterocycles. The maximum atomic E-state index is 11.8. The number of carbonyl (C=O) groups excluding carboxylic acids is 1. The van der Waals surface area contributed by atoms with Crippen LogP contribution in [0.5, 0.6) is 0 Å². The standard InChI is InChI=1S/C15H15N3OS/c1-2-13-9-18-15(20-13)10-17-14(19)7-11-3-5-12(8-16)6-4-11/h3-6,9H,2,7,10H2,1H3,(H,17,19). The number of nitriles is 1. The lowest BCUT2D eigenvalue weighted by Gasteiger charge is -2.03. The zero-order valence-corrected chi connectivity index (χ0v) is 12.0. The third kappa shape index (κ3) is 3.90. The minimum absolute atomic E-state index is 0.0389. The largest absolute Gasteiger partial charge is 0.349 e. The summed E-state index contributed by atoms with van der Waals surface area (Å²) < 4.78 is 0. The molecule has 0 spiro atoms. The molecule has 0 bridgehead atoms. The van der Waals surface area contributed by atoms with Gasteiger partial charge >= 0.3 is 0 Å². The van der Waals surface area contributed by atoms with Crippen molar-refractivity contribution in [1.29, 1.82) is 5.26 Å². The van der Waals surface area contributed by atoms with Gasteiger partial charge in [0.25, 0.3) is 0 Å². The molecule has 20 heavy (non-hydrogen) atoms. The third-order valence-corrected chi connectivity index (χ3v) is 3.98. The van der Waals surface area contributed by atoms with Crippen molar-refractivity contribution in [2.45, 2.75) is 26.3 Å². The fourth-order valence-electron chi connectivity index (χ4n) is 1.71. The summed E-state index contributed by atoms with van der Waals surface area (Å²) in [6, 6.07) is 9.10. The van der Waals surface area contributed by atoms with Crippen molar-refractivity contribution in [3.63, 3.8) is 0 Å². The van der Waals surface area contributed by atoms with Crippen LogP contribution in [0.15, 0.2) is 30.5 Å². The molecule has 0 fully saturated rings.